The van der Waals surface area contributed by atoms with Crippen LogP contribution in [0.1, 0.15) is 68.4 Å². The molecule has 0 saturated carbocycles. The Morgan fingerprint density at radius 3 is 2.44 bits per heavy atom. The van der Waals surface area contributed by atoms with Crippen LogP contribution in [0.25, 0.3) is 43.3 Å². The fourth-order valence-electron chi connectivity index (χ4n) is 6.34. The largest absolute Gasteiger partial charge is 0.477 e. The molecule has 1 N–H and O–H groups in total. The predicted molar refractivity (Wildman–Crippen MR) is 163 cm³/mol. The molecule has 0 unspecified atom stereocenters. The van der Waals surface area contributed by atoms with Gasteiger partial charge in [0.05, 0.1) is 20.4 Å². The van der Waals surface area contributed by atoms with Crippen molar-refractivity contribution in [1.82, 2.24) is 4.57 Å². The number of rotatable bonds is 9. The number of carboxylic acid groups (broad SMARTS) is 1. The number of hydrogen-bond acceptors (Lipinski definition) is 4. The highest BCUT2D eigenvalue weighted by Crippen LogP contribution is 2.55. The number of thiophene rings is 2. The number of aliphatic carboxylic acids is 1. The molecule has 3 heterocycles. The van der Waals surface area contributed by atoms with E-state index in [2.05, 4.69) is 72.3 Å². The van der Waals surface area contributed by atoms with Crippen LogP contribution < -0.4 is 0 Å². The van der Waals surface area contributed by atoms with Gasteiger partial charge in [0, 0.05) is 16.0 Å². The molecule has 5 aromatic rings. The van der Waals surface area contributed by atoms with Gasteiger partial charge in [-0.05, 0) is 70.8 Å². The highest BCUT2D eigenvalue weighted by molar-refractivity contribution is 7.27. The Morgan fingerprint density at radius 1 is 0.974 bits per heavy atom. The van der Waals surface area contributed by atoms with E-state index in [9.17, 15) is 15.2 Å². The molecule has 0 spiro atoms. The minimum atomic E-state index is -1.20. The number of nitriles is 1. The zero-order chi connectivity index (χ0) is 27.1. The number of benzene rings is 2. The van der Waals surface area contributed by atoms with E-state index in [4.69, 9.17) is 0 Å². The molecule has 4 nitrogen and oxygen atoms in total. The topological polar surface area (TPSA) is 66.0 Å². The van der Waals surface area contributed by atoms with Gasteiger partial charge in [0.2, 0.25) is 0 Å². The SMILES string of the molecule is CCCCC1(CCCC)c2ccccc2-c2ccc(-n3c4ccsc4c4sc(/C=C(/C#N)C(=O)O)cc43)cc21. The van der Waals surface area contributed by atoms with Gasteiger partial charge in [-0.2, -0.15) is 5.26 Å². The van der Waals surface area contributed by atoms with Crippen molar-refractivity contribution >= 4 is 55.2 Å². The van der Waals surface area contributed by atoms with E-state index < -0.39 is 5.97 Å². The summed E-state index contributed by atoms with van der Waals surface area (Å²) in [6, 6.07) is 21.9. The van der Waals surface area contributed by atoms with E-state index in [1.807, 2.05) is 12.1 Å². The lowest BCUT2D eigenvalue weighted by atomic mass is 9.71. The number of unbranched alkanes of at least 4 members (excludes halogenated alkanes) is 2. The molecule has 0 aliphatic heterocycles. The summed E-state index contributed by atoms with van der Waals surface area (Å²) in [4.78, 5) is 12.2. The van der Waals surface area contributed by atoms with Crippen LogP contribution in [0, 0.1) is 11.3 Å². The summed E-state index contributed by atoms with van der Waals surface area (Å²) < 4.78 is 4.63. The van der Waals surface area contributed by atoms with E-state index in [0.29, 0.717) is 0 Å². The lowest BCUT2D eigenvalue weighted by Crippen LogP contribution is -2.25. The van der Waals surface area contributed by atoms with Crippen LogP contribution in [0.15, 0.2) is 65.6 Å². The molecule has 196 valence electrons. The molecular formula is C33H30N2O2S2. The molecule has 1 aliphatic rings. The van der Waals surface area contributed by atoms with Crippen LogP contribution >= 0.6 is 22.7 Å². The third-order valence-corrected chi connectivity index (χ3v) is 10.3. The molecule has 0 fully saturated rings. The first kappa shape index (κ1) is 25.6. The van der Waals surface area contributed by atoms with Crippen LogP contribution in [0.2, 0.25) is 0 Å². The monoisotopic (exact) mass is 550 g/mol. The average molecular weight is 551 g/mol. The zero-order valence-electron chi connectivity index (χ0n) is 22.2. The minimum absolute atomic E-state index is 0.0136. The molecule has 6 heteroatoms. The van der Waals surface area contributed by atoms with Gasteiger partial charge in [-0.3, -0.25) is 0 Å². The van der Waals surface area contributed by atoms with Gasteiger partial charge in [0.15, 0.2) is 0 Å². The summed E-state index contributed by atoms with van der Waals surface area (Å²) in [7, 11) is 0. The predicted octanol–water partition coefficient (Wildman–Crippen LogP) is 9.55. The Hall–Kier alpha value is -3.66. The summed E-state index contributed by atoms with van der Waals surface area (Å²) in [5.74, 6) is -1.20. The maximum Gasteiger partial charge on any atom is 0.346 e. The van der Waals surface area contributed by atoms with Crippen molar-refractivity contribution in [3.8, 4) is 22.9 Å². The number of hydrogen-bond donors (Lipinski definition) is 1. The second-order valence-electron chi connectivity index (χ2n) is 10.4. The van der Waals surface area contributed by atoms with Gasteiger partial charge in [-0.25, -0.2) is 4.79 Å². The molecule has 39 heavy (non-hydrogen) atoms. The second-order valence-corrected chi connectivity index (χ2v) is 12.4. The van der Waals surface area contributed by atoms with E-state index >= 15 is 0 Å². The lowest BCUT2D eigenvalue weighted by molar-refractivity contribution is -0.132. The third kappa shape index (κ3) is 4.04. The van der Waals surface area contributed by atoms with E-state index in [1.54, 1.807) is 22.7 Å². The van der Waals surface area contributed by atoms with Crippen molar-refractivity contribution in [2.24, 2.45) is 0 Å². The summed E-state index contributed by atoms with van der Waals surface area (Å²) >= 11 is 3.25. The number of carbonyl (C=O) groups is 1. The van der Waals surface area contributed by atoms with Crippen molar-refractivity contribution in [2.75, 3.05) is 0 Å². The lowest BCUT2D eigenvalue weighted by Gasteiger charge is -2.33. The fraction of sp³-hybridized carbons (Fsp3) is 0.273. The molecular weight excluding hydrogens is 521 g/mol. The molecule has 3 aromatic heterocycles. The summed E-state index contributed by atoms with van der Waals surface area (Å²) in [5.41, 5.74) is 8.73. The van der Waals surface area contributed by atoms with Crippen LogP contribution in [0.3, 0.4) is 0 Å². The van der Waals surface area contributed by atoms with E-state index in [-0.39, 0.29) is 11.0 Å². The second kappa shape index (κ2) is 10.1. The highest BCUT2D eigenvalue weighted by atomic mass is 32.1. The van der Waals surface area contributed by atoms with Crippen LogP contribution in [0.4, 0.5) is 0 Å². The summed E-state index contributed by atoms with van der Waals surface area (Å²) in [6.07, 6.45) is 8.49. The first-order valence-electron chi connectivity index (χ1n) is 13.6. The zero-order valence-corrected chi connectivity index (χ0v) is 23.8. The van der Waals surface area contributed by atoms with Gasteiger partial charge < -0.3 is 9.67 Å². The van der Waals surface area contributed by atoms with Crippen molar-refractivity contribution in [3.63, 3.8) is 0 Å². The first-order chi connectivity index (χ1) is 19.0. The quantitative estimate of drug-likeness (QED) is 0.147. The Morgan fingerprint density at radius 2 is 1.72 bits per heavy atom. The van der Waals surface area contributed by atoms with Crippen LogP contribution in [-0.4, -0.2) is 15.6 Å². The fourth-order valence-corrected chi connectivity index (χ4v) is 8.47. The van der Waals surface area contributed by atoms with Crippen LogP contribution in [-0.2, 0) is 10.2 Å². The summed E-state index contributed by atoms with van der Waals surface area (Å²) in [5, 5.41) is 20.8. The van der Waals surface area contributed by atoms with Crippen molar-refractivity contribution in [2.45, 2.75) is 57.8 Å². The minimum Gasteiger partial charge on any atom is -0.477 e. The van der Waals surface area contributed by atoms with Gasteiger partial charge in [-0.1, -0.05) is 69.9 Å². The highest BCUT2D eigenvalue weighted by Gasteiger charge is 2.42. The van der Waals surface area contributed by atoms with E-state index in [1.165, 1.54) is 64.2 Å². The number of nitrogens with zero attached hydrogens (tertiary/aromatic N) is 2. The number of carboxylic acids is 1. The number of aromatic nitrogens is 1. The molecule has 6 rings (SSSR count). The maximum absolute atomic E-state index is 11.5. The molecule has 0 saturated heterocycles. The first-order valence-corrected chi connectivity index (χ1v) is 15.3. The standard InChI is InChI=1S/C33H30N2O2S2/c1-3-5-14-33(15-6-4-2)26-10-8-7-9-24(26)25-12-11-22(18-27(25)33)35-28-13-16-38-30(28)31-29(35)19-23(39-31)17-21(20-34)32(36)37/h7-13,16-19H,3-6,14-15H2,1-2H3,(H,36,37)/b21-17-. The van der Waals surface area contributed by atoms with Gasteiger partial charge >= 0.3 is 5.97 Å². The maximum atomic E-state index is 11.5. The average Bonchev–Trinajstić information content (AvgIpc) is 3.69. The normalized spacial score (nSPS) is 14.0. The Bertz CT molecular complexity index is 1790. The summed E-state index contributed by atoms with van der Waals surface area (Å²) in [6.45, 7) is 4.56. The molecule has 0 atom stereocenters. The van der Waals surface area contributed by atoms with Gasteiger partial charge in [0.1, 0.15) is 11.6 Å². The van der Waals surface area contributed by atoms with Crippen molar-refractivity contribution in [1.29, 1.82) is 5.26 Å². The smallest absolute Gasteiger partial charge is 0.346 e. The molecule has 0 amide bonds. The molecule has 1 aliphatic carbocycles. The van der Waals surface area contributed by atoms with Gasteiger partial charge in [-0.15, -0.1) is 22.7 Å². The molecule has 0 bridgehead atoms. The number of fused-ring (bicyclic) bond motifs is 6. The Labute approximate surface area is 236 Å². The van der Waals surface area contributed by atoms with Crippen LogP contribution in [0.5, 0.6) is 0 Å². The Kier molecular flexibility index (Phi) is 6.66. The third-order valence-electron chi connectivity index (χ3n) is 8.13. The van der Waals surface area contributed by atoms with Crippen molar-refractivity contribution in [3.05, 3.63) is 81.6 Å². The Balaban J connectivity index is 1.57. The molecule has 0 radical (unpaired) electrons. The van der Waals surface area contributed by atoms with Gasteiger partial charge in [0.25, 0.3) is 0 Å². The molecule has 2 aromatic carbocycles. The van der Waals surface area contributed by atoms with E-state index in [0.717, 1.165) is 33.6 Å². The van der Waals surface area contributed by atoms with Crippen molar-refractivity contribution < 1.29 is 9.90 Å².